The van der Waals surface area contributed by atoms with Gasteiger partial charge in [-0.05, 0) is 93.8 Å². The Hall–Kier alpha value is -3.49. The van der Waals surface area contributed by atoms with E-state index >= 15 is 0 Å². The second-order valence-electron chi connectivity index (χ2n) is 10.2. The Balaban J connectivity index is 1.82. The van der Waals surface area contributed by atoms with Crippen molar-refractivity contribution in [3.05, 3.63) is 70.9 Å². The monoisotopic (exact) mass is 532 g/mol. The van der Waals surface area contributed by atoms with E-state index in [0.29, 0.717) is 36.3 Å². The molecule has 1 N–H and O–H groups in total. The van der Waals surface area contributed by atoms with Crippen molar-refractivity contribution in [2.45, 2.75) is 72.1 Å². The number of aliphatic carboxylic acids is 1. The number of carboxylic acids is 1. The van der Waals surface area contributed by atoms with E-state index in [1.807, 2.05) is 32.0 Å². The van der Waals surface area contributed by atoms with Gasteiger partial charge in [-0.15, -0.1) is 5.10 Å². The number of aromatic nitrogens is 2. The van der Waals surface area contributed by atoms with Gasteiger partial charge in [-0.25, -0.2) is 9.48 Å². The molecule has 1 atom stereocenters. The first-order valence-electron chi connectivity index (χ1n) is 12.6. The molecule has 0 bridgehead atoms. The smallest absolute Gasteiger partial charge is 0.416 e. The Bertz CT molecular complexity index is 1250. The maximum absolute atomic E-state index is 13.0. The van der Waals surface area contributed by atoms with Gasteiger partial charge in [0.05, 0.1) is 17.9 Å². The molecule has 0 spiro atoms. The first-order valence-corrected chi connectivity index (χ1v) is 12.6. The number of hydrogen-bond donors (Lipinski definition) is 1. The minimum atomic E-state index is -4.40. The van der Waals surface area contributed by atoms with Gasteiger partial charge in [0.25, 0.3) is 0 Å². The summed E-state index contributed by atoms with van der Waals surface area (Å²) in [4.78, 5) is 11.5. The standard InChI is InChI=1S/C29H35F3N2O4/c1-7-37-26-21(17-34(33-26)23-12-10-22(11-13-23)29(30,31)32)8-14-24(18(2)3)20-9-15-25(19(4)16-20)38-28(5,6)27(35)36/h9-13,15-18,24H,7-8,14H2,1-6H3,(H,35,36). The van der Waals surface area contributed by atoms with Crippen LogP contribution in [0.2, 0.25) is 0 Å². The van der Waals surface area contributed by atoms with Crippen LogP contribution in [0.4, 0.5) is 13.2 Å². The highest BCUT2D eigenvalue weighted by molar-refractivity contribution is 5.76. The minimum absolute atomic E-state index is 0.194. The van der Waals surface area contributed by atoms with Crippen LogP contribution in [0.5, 0.6) is 11.6 Å². The molecular formula is C29H35F3N2O4. The quantitative estimate of drug-likeness (QED) is 0.282. The summed E-state index contributed by atoms with van der Waals surface area (Å²) in [5, 5.41) is 13.9. The molecule has 0 aliphatic heterocycles. The Labute approximate surface area is 221 Å². The normalized spacial score (nSPS) is 13.0. The summed E-state index contributed by atoms with van der Waals surface area (Å²) in [6.45, 7) is 11.5. The fourth-order valence-electron chi connectivity index (χ4n) is 4.29. The van der Waals surface area contributed by atoms with Gasteiger partial charge in [-0.1, -0.05) is 26.0 Å². The Morgan fingerprint density at radius 1 is 1.11 bits per heavy atom. The third-order valence-corrected chi connectivity index (χ3v) is 6.53. The van der Waals surface area contributed by atoms with E-state index in [1.165, 1.54) is 26.0 Å². The predicted octanol–water partition coefficient (Wildman–Crippen LogP) is 7.21. The van der Waals surface area contributed by atoms with E-state index < -0.39 is 23.3 Å². The summed E-state index contributed by atoms with van der Waals surface area (Å²) in [6, 6.07) is 10.7. The van der Waals surface area contributed by atoms with Crippen molar-refractivity contribution in [1.29, 1.82) is 0 Å². The molecule has 0 saturated carbocycles. The van der Waals surface area contributed by atoms with Gasteiger partial charge >= 0.3 is 12.1 Å². The van der Waals surface area contributed by atoms with Crippen LogP contribution in [0, 0.1) is 12.8 Å². The van der Waals surface area contributed by atoms with Crippen molar-refractivity contribution in [3.8, 4) is 17.3 Å². The van der Waals surface area contributed by atoms with Crippen LogP contribution in [-0.2, 0) is 17.4 Å². The minimum Gasteiger partial charge on any atom is -0.478 e. The largest absolute Gasteiger partial charge is 0.478 e. The molecule has 9 heteroatoms. The molecule has 0 saturated heterocycles. The van der Waals surface area contributed by atoms with Crippen molar-refractivity contribution >= 4 is 5.97 Å². The van der Waals surface area contributed by atoms with Gasteiger partial charge in [-0.2, -0.15) is 13.2 Å². The summed E-state index contributed by atoms with van der Waals surface area (Å²) < 4.78 is 51.9. The predicted molar refractivity (Wildman–Crippen MR) is 139 cm³/mol. The summed E-state index contributed by atoms with van der Waals surface area (Å²) in [5.41, 5.74) is 1.31. The van der Waals surface area contributed by atoms with Gasteiger partial charge in [0.15, 0.2) is 5.60 Å². The Kier molecular flexibility index (Phi) is 8.79. The fourth-order valence-corrected chi connectivity index (χ4v) is 4.29. The number of benzene rings is 2. The van der Waals surface area contributed by atoms with E-state index in [2.05, 4.69) is 18.9 Å². The number of carbonyl (C=O) groups is 1. The van der Waals surface area contributed by atoms with E-state index in [1.54, 1.807) is 10.9 Å². The highest BCUT2D eigenvalue weighted by Gasteiger charge is 2.31. The van der Waals surface area contributed by atoms with Crippen LogP contribution in [0.1, 0.15) is 69.2 Å². The summed E-state index contributed by atoms with van der Waals surface area (Å²) in [7, 11) is 0. The summed E-state index contributed by atoms with van der Waals surface area (Å²) >= 11 is 0. The van der Waals surface area contributed by atoms with Crippen molar-refractivity contribution in [2.24, 2.45) is 5.92 Å². The number of halogens is 3. The van der Waals surface area contributed by atoms with Crippen molar-refractivity contribution in [3.63, 3.8) is 0 Å². The molecule has 0 amide bonds. The second kappa shape index (κ2) is 11.5. The number of aryl methyl sites for hydroxylation is 2. The van der Waals surface area contributed by atoms with Crippen molar-refractivity contribution in [2.75, 3.05) is 6.61 Å². The van der Waals surface area contributed by atoms with Crippen LogP contribution in [0.15, 0.2) is 48.7 Å². The zero-order valence-corrected chi connectivity index (χ0v) is 22.6. The average molecular weight is 533 g/mol. The molecule has 1 aromatic heterocycles. The third kappa shape index (κ3) is 6.88. The summed E-state index contributed by atoms with van der Waals surface area (Å²) in [5.74, 6) is 0.463. The molecule has 206 valence electrons. The highest BCUT2D eigenvalue weighted by atomic mass is 19.4. The zero-order chi connectivity index (χ0) is 28.3. The zero-order valence-electron chi connectivity index (χ0n) is 22.6. The molecule has 0 fully saturated rings. The van der Waals surface area contributed by atoms with Crippen LogP contribution in [-0.4, -0.2) is 33.1 Å². The third-order valence-electron chi connectivity index (χ3n) is 6.53. The highest BCUT2D eigenvalue weighted by Crippen LogP contribution is 2.35. The van der Waals surface area contributed by atoms with Crippen molar-refractivity contribution in [1.82, 2.24) is 9.78 Å². The second-order valence-corrected chi connectivity index (χ2v) is 10.2. The number of hydrogen-bond acceptors (Lipinski definition) is 4. The van der Waals surface area contributed by atoms with E-state index in [9.17, 15) is 23.1 Å². The maximum atomic E-state index is 13.0. The van der Waals surface area contributed by atoms with Crippen LogP contribution >= 0.6 is 0 Å². The molecular weight excluding hydrogens is 497 g/mol. The lowest BCUT2D eigenvalue weighted by atomic mass is 9.83. The van der Waals surface area contributed by atoms with E-state index in [0.717, 1.165) is 35.2 Å². The Morgan fingerprint density at radius 2 is 1.76 bits per heavy atom. The van der Waals surface area contributed by atoms with Gasteiger partial charge < -0.3 is 14.6 Å². The lowest BCUT2D eigenvalue weighted by molar-refractivity contribution is -0.152. The number of rotatable bonds is 11. The maximum Gasteiger partial charge on any atom is 0.416 e. The molecule has 1 unspecified atom stereocenters. The van der Waals surface area contributed by atoms with Crippen LogP contribution in [0.3, 0.4) is 0 Å². The number of carboxylic acid groups (broad SMARTS) is 1. The van der Waals surface area contributed by atoms with Crippen LogP contribution in [0.25, 0.3) is 5.69 Å². The molecule has 0 aliphatic rings. The molecule has 3 rings (SSSR count). The fraction of sp³-hybridized carbons (Fsp3) is 0.448. The van der Waals surface area contributed by atoms with Gasteiger partial charge in [0.2, 0.25) is 5.88 Å². The summed E-state index contributed by atoms with van der Waals surface area (Å²) in [6.07, 6.45) is -1.15. The van der Waals surface area contributed by atoms with Crippen molar-refractivity contribution < 1.29 is 32.5 Å². The first kappa shape index (κ1) is 29.1. The number of alkyl halides is 3. The molecule has 3 aromatic rings. The van der Waals surface area contributed by atoms with Gasteiger partial charge in [0.1, 0.15) is 5.75 Å². The lowest BCUT2D eigenvalue weighted by Crippen LogP contribution is -2.38. The average Bonchev–Trinajstić information content (AvgIpc) is 3.23. The van der Waals surface area contributed by atoms with Gasteiger partial charge in [-0.3, -0.25) is 0 Å². The van der Waals surface area contributed by atoms with Crippen LogP contribution < -0.4 is 9.47 Å². The first-order chi connectivity index (χ1) is 17.7. The topological polar surface area (TPSA) is 73.6 Å². The lowest BCUT2D eigenvalue weighted by Gasteiger charge is -2.25. The van der Waals surface area contributed by atoms with E-state index in [4.69, 9.17) is 9.47 Å². The molecule has 2 aromatic carbocycles. The Morgan fingerprint density at radius 3 is 2.29 bits per heavy atom. The molecule has 1 heterocycles. The number of nitrogens with zero attached hydrogens (tertiary/aromatic N) is 2. The SMILES string of the molecule is CCOc1nn(-c2ccc(C(F)(F)F)cc2)cc1CCC(c1ccc(OC(C)(C)C(=O)O)c(C)c1)C(C)C. The van der Waals surface area contributed by atoms with E-state index in [-0.39, 0.29) is 5.92 Å². The molecule has 0 radical (unpaired) electrons. The molecule has 6 nitrogen and oxygen atoms in total. The molecule has 38 heavy (non-hydrogen) atoms. The molecule has 0 aliphatic carbocycles. The van der Waals surface area contributed by atoms with Gasteiger partial charge in [0, 0.05) is 11.8 Å². The number of ether oxygens (including phenoxy) is 2.